The number of halogens is 3. The van der Waals surface area contributed by atoms with E-state index in [1.807, 2.05) is 6.92 Å². The molecule has 4 nitrogen and oxygen atoms in total. The molecule has 1 heterocycles. The predicted molar refractivity (Wildman–Crippen MR) is 64.5 cm³/mol. The van der Waals surface area contributed by atoms with Crippen LogP contribution in [0.2, 0.25) is 0 Å². The zero-order valence-electron chi connectivity index (χ0n) is 11.1. The van der Waals surface area contributed by atoms with Crippen LogP contribution in [0.3, 0.4) is 0 Å². The van der Waals surface area contributed by atoms with E-state index in [2.05, 4.69) is 5.32 Å². The van der Waals surface area contributed by atoms with Crippen LogP contribution in [-0.4, -0.2) is 54.9 Å². The van der Waals surface area contributed by atoms with Crippen LogP contribution >= 0.6 is 0 Å². The second-order valence-corrected chi connectivity index (χ2v) is 5.02. The third-order valence-electron chi connectivity index (χ3n) is 3.45. The highest BCUT2D eigenvalue weighted by Gasteiger charge is 2.45. The molecule has 0 saturated carbocycles. The van der Waals surface area contributed by atoms with E-state index in [0.29, 0.717) is 25.9 Å². The van der Waals surface area contributed by atoms with Gasteiger partial charge in [-0.1, -0.05) is 13.3 Å². The van der Waals surface area contributed by atoms with Gasteiger partial charge in [-0.3, -0.25) is 4.79 Å². The van der Waals surface area contributed by atoms with Gasteiger partial charge in [0.15, 0.2) is 0 Å². The minimum atomic E-state index is -4.44. The second kappa shape index (κ2) is 6.56. The molecule has 0 bridgehead atoms. The van der Waals surface area contributed by atoms with Gasteiger partial charge in [0.25, 0.3) is 0 Å². The first-order chi connectivity index (χ1) is 8.84. The fourth-order valence-corrected chi connectivity index (χ4v) is 2.65. The van der Waals surface area contributed by atoms with Crippen LogP contribution in [0.15, 0.2) is 0 Å². The molecule has 1 rings (SSSR count). The predicted octanol–water partition coefficient (Wildman–Crippen LogP) is 1.15. The first kappa shape index (κ1) is 16.2. The van der Waals surface area contributed by atoms with Crippen LogP contribution in [0.1, 0.15) is 26.2 Å². The van der Waals surface area contributed by atoms with E-state index >= 15 is 0 Å². The summed E-state index contributed by atoms with van der Waals surface area (Å²) in [5.41, 5.74) is -0.741. The molecule has 0 spiro atoms. The van der Waals surface area contributed by atoms with E-state index < -0.39 is 30.7 Å². The van der Waals surface area contributed by atoms with Crippen molar-refractivity contribution in [3.63, 3.8) is 0 Å². The molecule has 0 radical (unpaired) electrons. The Morgan fingerprint density at radius 3 is 2.58 bits per heavy atom. The summed E-state index contributed by atoms with van der Waals surface area (Å²) in [6, 6.07) is 0. The quantitative estimate of drug-likeness (QED) is 0.768. The maximum absolute atomic E-state index is 12.5. The summed E-state index contributed by atoms with van der Waals surface area (Å²) >= 11 is 0. The van der Waals surface area contributed by atoms with E-state index in [1.54, 1.807) is 0 Å². The Balaban J connectivity index is 2.84. The number of aliphatic hydroxyl groups excluding tert-OH is 1. The fourth-order valence-electron chi connectivity index (χ4n) is 2.65. The summed E-state index contributed by atoms with van der Waals surface area (Å²) in [7, 11) is 0. The van der Waals surface area contributed by atoms with Crippen molar-refractivity contribution in [1.82, 2.24) is 10.2 Å². The monoisotopic (exact) mass is 282 g/mol. The van der Waals surface area contributed by atoms with Gasteiger partial charge in [0.2, 0.25) is 5.91 Å². The third kappa shape index (κ3) is 4.35. The Bertz CT molecular complexity index is 302. The fraction of sp³-hybridized carbons (Fsp3) is 0.917. The van der Waals surface area contributed by atoms with Gasteiger partial charge >= 0.3 is 6.18 Å². The van der Waals surface area contributed by atoms with Crippen LogP contribution in [0.4, 0.5) is 13.2 Å². The lowest BCUT2D eigenvalue weighted by molar-refractivity contribution is -0.168. The van der Waals surface area contributed by atoms with Crippen molar-refractivity contribution < 1.29 is 23.1 Å². The van der Waals surface area contributed by atoms with E-state index in [0.717, 1.165) is 11.3 Å². The van der Waals surface area contributed by atoms with Gasteiger partial charge in [0.05, 0.1) is 12.0 Å². The molecule has 112 valence electrons. The summed E-state index contributed by atoms with van der Waals surface area (Å²) in [4.78, 5) is 13.1. The molecule has 1 aliphatic rings. The van der Waals surface area contributed by atoms with Gasteiger partial charge < -0.3 is 15.3 Å². The van der Waals surface area contributed by atoms with Crippen LogP contribution < -0.4 is 5.32 Å². The average molecular weight is 282 g/mol. The molecular weight excluding hydrogens is 261 g/mol. The minimum absolute atomic E-state index is 0.274. The molecule has 2 N–H and O–H groups in total. The molecule has 0 aromatic heterocycles. The van der Waals surface area contributed by atoms with Crippen molar-refractivity contribution in [2.24, 2.45) is 5.41 Å². The SMILES string of the molecule is CCCC1(C(=O)N(CCO)CC(F)(F)F)CCNC1. The lowest BCUT2D eigenvalue weighted by atomic mass is 9.81. The Morgan fingerprint density at radius 2 is 2.16 bits per heavy atom. The summed E-state index contributed by atoms with van der Waals surface area (Å²) in [5.74, 6) is -0.495. The molecule has 1 atom stereocenters. The van der Waals surface area contributed by atoms with E-state index in [1.165, 1.54) is 0 Å². The van der Waals surface area contributed by atoms with Crippen LogP contribution in [0.25, 0.3) is 0 Å². The normalized spacial score (nSPS) is 23.6. The molecule has 0 aromatic rings. The van der Waals surface area contributed by atoms with Crippen molar-refractivity contribution in [3.8, 4) is 0 Å². The number of carbonyl (C=O) groups is 1. The maximum atomic E-state index is 12.5. The Kier molecular flexibility index (Phi) is 5.61. The van der Waals surface area contributed by atoms with Gasteiger partial charge in [-0.15, -0.1) is 0 Å². The highest BCUT2D eigenvalue weighted by atomic mass is 19.4. The van der Waals surface area contributed by atoms with Crippen molar-refractivity contribution in [1.29, 1.82) is 0 Å². The first-order valence-corrected chi connectivity index (χ1v) is 6.52. The number of rotatable bonds is 6. The number of amides is 1. The van der Waals surface area contributed by atoms with Crippen molar-refractivity contribution in [2.45, 2.75) is 32.4 Å². The summed E-state index contributed by atoms with van der Waals surface area (Å²) < 4.78 is 37.5. The standard InChI is InChI=1S/C12H21F3N2O2/c1-2-3-11(4-5-16-8-11)10(19)17(6-7-18)9-12(13,14)15/h16,18H,2-9H2,1H3. The molecular formula is C12H21F3N2O2. The van der Waals surface area contributed by atoms with Gasteiger partial charge in [-0.25, -0.2) is 0 Å². The van der Waals surface area contributed by atoms with Crippen molar-refractivity contribution in [2.75, 3.05) is 32.8 Å². The second-order valence-electron chi connectivity index (χ2n) is 5.02. The van der Waals surface area contributed by atoms with Crippen LogP contribution in [0, 0.1) is 5.41 Å². The molecule has 1 aliphatic heterocycles. The lowest BCUT2D eigenvalue weighted by Crippen LogP contribution is -2.49. The van der Waals surface area contributed by atoms with Gasteiger partial charge in [-0.2, -0.15) is 13.2 Å². The average Bonchev–Trinajstić information content (AvgIpc) is 2.76. The molecule has 7 heteroatoms. The first-order valence-electron chi connectivity index (χ1n) is 6.52. The zero-order valence-corrected chi connectivity index (χ0v) is 11.1. The van der Waals surface area contributed by atoms with Gasteiger partial charge in [-0.05, 0) is 19.4 Å². The lowest BCUT2D eigenvalue weighted by Gasteiger charge is -2.34. The van der Waals surface area contributed by atoms with Crippen LogP contribution in [-0.2, 0) is 4.79 Å². The highest BCUT2D eigenvalue weighted by molar-refractivity contribution is 5.83. The topological polar surface area (TPSA) is 52.6 Å². The summed E-state index contributed by atoms with van der Waals surface area (Å²) in [5, 5.41) is 11.9. The van der Waals surface area contributed by atoms with Gasteiger partial charge in [0, 0.05) is 13.1 Å². The largest absolute Gasteiger partial charge is 0.406 e. The highest BCUT2D eigenvalue weighted by Crippen LogP contribution is 2.34. The molecule has 0 aromatic carbocycles. The molecule has 1 unspecified atom stereocenters. The number of nitrogens with zero attached hydrogens (tertiary/aromatic N) is 1. The smallest absolute Gasteiger partial charge is 0.395 e. The molecule has 1 fully saturated rings. The minimum Gasteiger partial charge on any atom is -0.395 e. The summed E-state index contributed by atoms with van der Waals surface area (Å²) in [6.45, 7) is 0.941. The number of aliphatic hydroxyl groups is 1. The van der Waals surface area contributed by atoms with Crippen molar-refractivity contribution >= 4 is 5.91 Å². The number of alkyl halides is 3. The van der Waals surface area contributed by atoms with Crippen LogP contribution in [0.5, 0.6) is 0 Å². The maximum Gasteiger partial charge on any atom is 0.406 e. The zero-order chi connectivity index (χ0) is 14.5. The molecule has 0 aliphatic carbocycles. The number of hydrogen-bond acceptors (Lipinski definition) is 3. The number of nitrogens with one attached hydrogen (secondary N) is 1. The Labute approximate surface area is 111 Å². The number of carbonyl (C=O) groups excluding carboxylic acids is 1. The number of hydrogen-bond donors (Lipinski definition) is 2. The van der Waals surface area contributed by atoms with E-state index in [4.69, 9.17) is 5.11 Å². The van der Waals surface area contributed by atoms with Crippen molar-refractivity contribution in [3.05, 3.63) is 0 Å². The molecule has 19 heavy (non-hydrogen) atoms. The van der Waals surface area contributed by atoms with E-state index in [-0.39, 0.29) is 6.54 Å². The Hall–Kier alpha value is -0.820. The van der Waals surface area contributed by atoms with E-state index in [9.17, 15) is 18.0 Å². The third-order valence-corrected chi connectivity index (χ3v) is 3.45. The Morgan fingerprint density at radius 1 is 1.47 bits per heavy atom. The van der Waals surface area contributed by atoms with Gasteiger partial charge in [0.1, 0.15) is 6.54 Å². The molecule has 1 amide bonds. The molecule has 1 saturated heterocycles. The summed E-state index contributed by atoms with van der Waals surface area (Å²) in [6.07, 6.45) is -2.57.